The van der Waals surface area contributed by atoms with Crippen molar-refractivity contribution >= 4 is 11.7 Å². The number of carbonyl (C=O) groups is 2. The average Bonchev–Trinajstić information content (AvgIpc) is 2.45. The Labute approximate surface area is 130 Å². The molecule has 0 heterocycles. The molecule has 0 saturated heterocycles. The topological polar surface area (TPSA) is 46.2 Å². The zero-order valence-electron chi connectivity index (χ0n) is 14.0. The molecule has 1 rings (SSSR count). The largest absolute Gasteiger partial charge is 0.356 e. The molecular weight excluding hydrogens is 262 g/mol. The Hall–Kier alpha value is -0.860. The summed E-state index contributed by atoms with van der Waals surface area (Å²) in [6.07, 6.45) is 13.0. The first-order valence-electron chi connectivity index (χ1n) is 8.84. The summed E-state index contributed by atoms with van der Waals surface area (Å²) >= 11 is 0. The summed E-state index contributed by atoms with van der Waals surface area (Å²) in [5, 5.41) is 3.10. The van der Waals surface area contributed by atoms with E-state index in [0.29, 0.717) is 19.4 Å². The van der Waals surface area contributed by atoms with Gasteiger partial charge in [0, 0.05) is 19.4 Å². The maximum atomic E-state index is 12.0. The van der Waals surface area contributed by atoms with Gasteiger partial charge < -0.3 is 10.1 Å². The van der Waals surface area contributed by atoms with Crippen LogP contribution in [0, 0.1) is 5.41 Å². The molecule has 0 unspecified atom stereocenters. The Bertz CT molecular complexity index is 319. The maximum absolute atomic E-state index is 12.0. The Balaban J connectivity index is 2.28. The van der Waals surface area contributed by atoms with E-state index in [9.17, 15) is 9.59 Å². The van der Waals surface area contributed by atoms with Gasteiger partial charge in [0.25, 0.3) is 0 Å². The Morgan fingerprint density at radius 3 is 2.29 bits per heavy atom. The van der Waals surface area contributed by atoms with Crippen molar-refractivity contribution < 1.29 is 9.59 Å². The van der Waals surface area contributed by atoms with Gasteiger partial charge in [0.15, 0.2) is 0 Å². The van der Waals surface area contributed by atoms with Crippen LogP contribution in [0.3, 0.4) is 0 Å². The van der Waals surface area contributed by atoms with Crippen LogP contribution in [0.5, 0.6) is 0 Å². The van der Waals surface area contributed by atoms with E-state index in [0.717, 1.165) is 25.7 Å². The summed E-state index contributed by atoms with van der Waals surface area (Å²) in [6.45, 7) is 4.57. The van der Waals surface area contributed by atoms with Gasteiger partial charge in [0.2, 0.25) is 5.91 Å². The molecule has 1 aliphatic rings. The van der Waals surface area contributed by atoms with Crippen LogP contribution in [0.15, 0.2) is 0 Å². The molecule has 122 valence electrons. The number of unbranched alkanes of at least 4 members (excludes halogenated alkanes) is 4. The van der Waals surface area contributed by atoms with Gasteiger partial charge in [-0.1, -0.05) is 51.9 Å². The highest BCUT2D eigenvalue weighted by molar-refractivity contribution is 5.77. The van der Waals surface area contributed by atoms with Crippen molar-refractivity contribution in [3.05, 3.63) is 0 Å². The van der Waals surface area contributed by atoms with E-state index >= 15 is 0 Å². The molecule has 0 aliphatic heterocycles. The molecule has 3 nitrogen and oxygen atoms in total. The molecule has 0 aromatic heterocycles. The van der Waals surface area contributed by atoms with Gasteiger partial charge in [0.05, 0.1) is 0 Å². The molecule has 1 fully saturated rings. The van der Waals surface area contributed by atoms with E-state index in [-0.39, 0.29) is 17.1 Å². The van der Waals surface area contributed by atoms with Crippen LogP contribution in [0.25, 0.3) is 0 Å². The zero-order chi connectivity index (χ0) is 15.6. The number of nitrogens with one attached hydrogen (secondary N) is 1. The first-order chi connectivity index (χ1) is 10.1. The molecule has 0 bridgehead atoms. The minimum Gasteiger partial charge on any atom is -0.356 e. The molecule has 3 heteroatoms. The molecule has 1 saturated carbocycles. The zero-order valence-corrected chi connectivity index (χ0v) is 14.0. The molecule has 0 aromatic carbocycles. The maximum Gasteiger partial charge on any atom is 0.220 e. The van der Waals surface area contributed by atoms with Crippen LogP contribution < -0.4 is 5.32 Å². The fourth-order valence-electron chi connectivity index (χ4n) is 3.51. The number of rotatable bonds is 10. The number of ketones is 1. The van der Waals surface area contributed by atoms with Crippen LogP contribution in [-0.4, -0.2) is 18.2 Å². The van der Waals surface area contributed by atoms with Crippen molar-refractivity contribution in [3.8, 4) is 0 Å². The van der Waals surface area contributed by atoms with E-state index in [1.807, 2.05) is 0 Å². The van der Waals surface area contributed by atoms with Gasteiger partial charge >= 0.3 is 0 Å². The van der Waals surface area contributed by atoms with Crippen molar-refractivity contribution in [1.29, 1.82) is 0 Å². The smallest absolute Gasteiger partial charge is 0.220 e. The lowest BCUT2D eigenvalue weighted by molar-refractivity contribution is -0.124. The van der Waals surface area contributed by atoms with Crippen molar-refractivity contribution in [3.63, 3.8) is 0 Å². The second-order valence-corrected chi connectivity index (χ2v) is 6.88. The summed E-state index contributed by atoms with van der Waals surface area (Å²) in [4.78, 5) is 23.5. The van der Waals surface area contributed by atoms with E-state index in [1.54, 1.807) is 6.92 Å². The molecule has 0 radical (unpaired) electrons. The highest BCUT2D eigenvalue weighted by Gasteiger charge is 2.33. The standard InChI is InChI=1S/C18H33NO2/c1-3-4-5-6-8-11-17(21)19-15-18(14-16(2)20)12-9-7-10-13-18/h3-15H2,1-2H3,(H,19,21). The number of hydrogen-bond acceptors (Lipinski definition) is 2. The predicted octanol–water partition coefficient (Wildman–Crippen LogP) is 4.39. The first kappa shape index (κ1) is 18.2. The van der Waals surface area contributed by atoms with Crippen molar-refractivity contribution in [1.82, 2.24) is 5.32 Å². The van der Waals surface area contributed by atoms with Gasteiger partial charge in [-0.05, 0) is 31.6 Å². The lowest BCUT2D eigenvalue weighted by Gasteiger charge is -2.36. The summed E-state index contributed by atoms with van der Waals surface area (Å²) < 4.78 is 0. The second-order valence-electron chi connectivity index (χ2n) is 6.88. The predicted molar refractivity (Wildman–Crippen MR) is 87.2 cm³/mol. The molecule has 1 aliphatic carbocycles. The number of carbonyl (C=O) groups excluding carboxylic acids is 2. The third-order valence-corrected chi connectivity index (χ3v) is 4.71. The lowest BCUT2D eigenvalue weighted by atomic mass is 9.71. The number of Topliss-reactive ketones (excluding diaryl/α,β-unsaturated/α-hetero) is 1. The average molecular weight is 295 g/mol. The minimum absolute atomic E-state index is 0.0436. The van der Waals surface area contributed by atoms with Crippen molar-refractivity contribution in [2.75, 3.05) is 6.54 Å². The number of hydrogen-bond donors (Lipinski definition) is 1. The summed E-state index contributed by atoms with van der Waals surface area (Å²) in [5.74, 6) is 0.422. The third kappa shape index (κ3) is 7.63. The van der Waals surface area contributed by atoms with Gasteiger partial charge in [-0.15, -0.1) is 0 Å². The van der Waals surface area contributed by atoms with E-state index in [4.69, 9.17) is 0 Å². The van der Waals surface area contributed by atoms with Gasteiger partial charge in [-0.25, -0.2) is 0 Å². The molecule has 1 amide bonds. The van der Waals surface area contributed by atoms with Gasteiger partial charge in [-0.2, -0.15) is 0 Å². The lowest BCUT2D eigenvalue weighted by Crippen LogP contribution is -2.40. The monoisotopic (exact) mass is 295 g/mol. The van der Waals surface area contributed by atoms with Gasteiger partial charge in [0.1, 0.15) is 5.78 Å². The Kier molecular flexibility index (Phi) is 8.63. The normalized spacial score (nSPS) is 17.4. The molecule has 0 aromatic rings. The highest BCUT2D eigenvalue weighted by atomic mass is 16.1. The van der Waals surface area contributed by atoms with Crippen molar-refractivity contribution in [2.45, 2.75) is 90.9 Å². The van der Waals surface area contributed by atoms with E-state index < -0.39 is 0 Å². The fourth-order valence-corrected chi connectivity index (χ4v) is 3.51. The van der Waals surface area contributed by atoms with Crippen LogP contribution >= 0.6 is 0 Å². The minimum atomic E-state index is 0.0436. The molecule has 1 N–H and O–H groups in total. The second kappa shape index (κ2) is 9.97. The summed E-state index contributed by atoms with van der Waals surface area (Å²) in [7, 11) is 0. The highest BCUT2D eigenvalue weighted by Crippen LogP contribution is 2.38. The Morgan fingerprint density at radius 1 is 1.00 bits per heavy atom. The SMILES string of the molecule is CCCCCCCC(=O)NCC1(CC(C)=O)CCCCC1. The van der Waals surface area contributed by atoms with Gasteiger partial charge in [-0.3, -0.25) is 4.79 Å². The summed E-state index contributed by atoms with van der Waals surface area (Å²) in [5.41, 5.74) is 0.0436. The first-order valence-corrected chi connectivity index (χ1v) is 8.84. The van der Waals surface area contributed by atoms with Crippen LogP contribution in [0.2, 0.25) is 0 Å². The third-order valence-electron chi connectivity index (χ3n) is 4.71. The quantitative estimate of drug-likeness (QED) is 0.607. The summed E-state index contributed by atoms with van der Waals surface area (Å²) in [6, 6.07) is 0. The molecule has 0 atom stereocenters. The van der Waals surface area contributed by atoms with Crippen LogP contribution in [-0.2, 0) is 9.59 Å². The van der Waals surface area contributed by atoms with Crippen LogP contribution in [0.4, 0.5) is 0 Å². The van der Waals surface area contributed by atoms with Crippen LogP contribution in [0.1, 0.15) is 90.9 Å². The van der Waals surface area contributed by atoms with Crippen molar-refractivity contribution in [2.24, 2.45) is 5.41 Å². The molecule has 21 heavy (non-hydrogen) atoms. The molecule has 0 spiro atoms. The Morgan fingerprint density at radius 2 is 1.67 bits per heavy atom. The van der Waals surface area contributed by atoms with E-state index in [2.05, 4.69) is 12.2 Å². The molecular formula is C18H33NO2. The fraction of sp³-hybridized carbons (Fsp3) is 0.889. The number of amides is 1. The van der Waals surface area contributed by atoms with E-state index in [1.165, 1.54) is 38.5 Å².